The molecule has 0 spiro atoms. The van der Waals surface area contributed by atoms with Crippen molar-refractivity contribution in [2.24, 2.45) is 0 Å². The van der Waals surface area contributed by atoms with Crippen molar-refractivity contribution in [2.45, 2.75) is 0 Å². The van der Waals surface area contributed by atoms with E-state index in [4.69, 9.17) is 43.1 Å². The number of benzene rings is 1. The Balaban J connectivity index is 2.33. The molecular formula is C7H3Cl3O6P2. The molecular weight excluding hydrogens is 348 g/mol. The summed E-state index contributed by atoms with van der Waals surface area (Å²) in [5.41, 5.74) is 0.0790. The fourth-order valence-corrected chi connectivity index (χ4v) is 4.65. The molecule has 1 aliphatic heterocycles. The number of carbonyl (C=O) groups is 1. The lowest BCUT2D eigenvalue weighted by atomic mass is 10.2. The van der Waals surface area contributed by atoms with Crippen molar-refractivity contribution in [2.75, 3.05) is 0 Å². The van der Waals surface area contributed by atoms with Crippen LogP contribution in [-0.4, -0.2) is 5.24 Å². The molecule has 1 aromatic rings. The zero-order valence-corrected chi connectivity index (χ0v) is 12.3. The van der Waals surface area contributed by atoms with Crippen molar-refractivity contribution in [1.82, 2.24) is 0 Å². The van der Waals surface area contributed by atoms with E-state index < -0.39 is 19.1 Å². The first kappa shape index (κ1) is 14.2. The van der Waals surface area contributed by atoms with Crippen molar-refractivity contribution in [3.63, 3.8) is 0 Å². The van der Waals surface area contributed by atoms with Gasteiger partial charge in [0.05, 0.1) is 0 Å². The molecule has 6 nitrogen and oxygen atoms in total. The van der Waals surface area contributed by atoms with Gasteiger partial charge in [0.1, 0.15) is 11.5 Å². The molecule has 0 fully saturated rings. The van der Waals surface area contributed by atoms with Crippen LogP contribution in [0.2, 0.25) is 0 Å². The Hall–Kier alpha value is -0.220. The van der Waals surface area contributed by atoms with Crippen LogP contribution in [0, 0.1) is 0 Å². The molecule has 11 heteroatoms. The maximum absolute atomic E-state index is 11.9. The molecule has 0 radical (unpaired) electrons. The lowest BCUT2D eigenvalue weighted by Crippen LogP contribution is -2.08. The molecule has 0 saturated heterocycles. The average Bonchev–Trinajstić information content (AvgIpc) is 2.10. The van der Waals surface area contributed by atoms with E-state index in [9.17, 15) is 13.9 Å². The molecule has 18 heavy (non-hydrogen) atoms. The highest BCUT2D eigenvalue weighted by atomic mass is 35.9. The largest absolute Gasteiger partial charge is 0.595 e. The SMILES string of the molecule is O=C(Cl)c1cc2cc(c1)OP(=O)(OP(=O)(Cl)Cl)O2. The molecule has 1 aromatic carbocycles. The Labute approximate surface area is 116 Å². The van der Waals surface area contributed by atoms with E-state index in [-0.39, 0.29) is 17.1 Å². The van der Waals surface area contributed by atoms with Crippen LogP contribution < -0.4 is 9.05 Å². The molecule has 1 heterocycles. The fourth-order valence-electron chi connectivity index (χ4n) is 1.22. The second-order valence-electron chi connectivity index (χ2n) is 3.09. The van der Waals surface area contributed by atoms with E-state index in [0.717, 1.165) is 0 Å². The number of halogens is 3. The molecule has 0 unspecified atom stereocenters. The first-order valence-corrected chi connectivity index (χ1v) is 9.49. The summed E-state index contributed by atoms with van der Waals surface area (Å²) in [5, 5.41) is -0.747. The molecule has 0 aromatic heterocycles. The second-order valence-corrected chi connectivity index (χ2v) is 9.37. The van der Waals surface area contributed by atoms with Crippen LogP contribution in [0.1, 0.15) is 10.4 Å². The predicted molar refractivity (Wildman–Crippen MR) is 65.9 cm³/mol. The molecule has 98 valence electrons. The van der Waals surface area contributed by atoms with E-state index in [1.807, 2.05) is 0 Å². The lowest BCUT2D eigenvalue weighted by molar-refractivity contribution is 0.108. The minimum atomic E-state index is -4.23. The molecule has 1 aliphatic rings. The number of phosphoric acid groups is 1. The number of carbonyl (C=O) groups excluding carboxylic acids is 1. The van der Waals surface area contributed by atoms with Crippen LogP contribution in [0.25, 0.3) is 0 Å². The third-order valence-electron chi connectivity index (χ3n) is 1.74. The van der Waals surface area contributed by atoms with Crippen molar-refractivity contribution in [1.29, 1.82) is 0 Å². The predicted octanol–water partition coefficient (Wildman–Crippen LogP) is 4.55. The normalized spacial score (nSPS) is 16.6. The van der Waals surface area contributed by atoms with Crippen molar-refractivity contribution >= 4 is 53.2 Å². The van der Waals surface area contributed by atoms with Crippen molar-refractivity contribution in [3.05, 3.63) is 23.8 Å². The minimum Gasteiger partial charge on any atom is -0.395 e. The van der Waals surface area contributed by atoms with Gasteiger partial charge in [0, 0.05) is 11.6 Å². The van der Waals surface area contributed by atoms with Gasteiger partial charge in [-0.2, -0.15) is 4.31 Å². The van der Waals surface area contributed by atoms with E-state index >= 15 is 0 Å². The van der Waals surface area contributed by atoms with Gasteiger partial charge in [0.15, 0.2) is 0 Å². The Morgan fingerprint density at radius 1 is 1.22 bits per heavy atom. The van der Waals surface area contributed by atoms with E-state index in [2.05, 4.69) is 4.31 Å². The van der Waals surface area contributed by atoms with E-state index in [0.29, 0.717) is 0 Å². The van der Waals surface area contributed by atoms with Crippen LogP contribution in [0.3, 0.4) is 0 Å². The molecule has 2 rings (SSSR count). The van der Waals surface area contributed by atoms with Crippen LogP contribution in [-0.2, 0) is 13.4 Å². The van der Waals surface area contributed by atoms with E-state index in [1.165, 1.54) is 18.2 Å². The van der Waals surface area contributed by atoms with Gasteiger partial charge in [0.2, 0.25) is 0 Å². The highest BCUT2D eigenvalue weighted by Crippen LogP contribution is 2.70. The molecule has 0 atom stereocenters. The third-order valence-corrected chi connectivity index (χ3v) is 5.49. The molecule has 0 saturated carbocycles. The second kappa shape index (κ2) is 4.71. The lowest BCUT2D eigenvalue weighted by Gasteiger charge is -2.23. The third kappa shape index (κ3) is 3.41. The highest BCUT2D eigenvalue weighted by Gasteiger charge is 2.41. The summed E-state index contributed by atoms with van der Waals surface area (Å²) in [5.74, 6) is -0.0132. The molecule has 2 bridgehead atoms. The zero-order chi connectivity index (χ0) is 13.6. The smallest absolute Gasteiger partial charge is 0.395 e. The van der Waals surface area contributed by atoms with E-state index in [1.54, 1.807) is 0 Å². The summed E-state index contributed by atoms with van der Waals surface area (Å²) >= 11 is 15.5. The van der Waals surface area contributed by atoms with Crippen LogP contribution in [0.15, 0.2) is 18.2 Å². The Morgan fingerprint density at radius 2 is 1.72 bits per heavy atom. The first-order chi connectivity index (χ1) is 8.17. The molecule has 0 amide bonds. The van der Waals surface area contributed by atoms with Gasteiger partial charge < -0.3 is 9.05 Å². The average molecular weight is 351 g/mol. The quantitative estimate of drug-likeness (QED) is 0.587. The van der Waals surface area contributed by atoms with Crippen molar-refractivity contribution in [3.8, 4) is 11.5 Å². The first-order valence-electron chi connectivity index (χ1n) is 4.22. The summed E-state index contributed by atoms with van der Waals surface area (Å²) in [6.45, 7) is 0. The van der Waals surface area contributed by atoms with Gasteiger partial charge in [0.25, 0.3) is 5.24 Å². The Kier molecular flexibility index (Phi) is 3.72. The van der Waals surface area contributed by atoms with Gasteiger partial charge in [-0.15, -0.1) is 0 Å². The highest BCUT2D eigenvalue weighted by molar-refractivity contribution is 8.07. The number of hydrogen-bond donors (Lipinski definition) is 0. The summed E-state index contributed by atoms with van der Waals surface area (Å²) in [6, 6.07) is 3.76. The topological polar surface area (TPSA) is 78.9 Å². The number of hydrogen-bond acceptors (Lipinski definition) is 6. The molecule has 0 aliphatic carbocycles. The Bertz CT molecular complexity index is 583. The van der Waals surface area contributed by atoms with Gasteiger partial charge in [-0.1, -0.05) is 0 Å². The summed E-state index contributed by atoms with van der Waals surface area (Å²) < 4.78 is 36.9. The van der Waals surface area contributed by atoms with Crippen LogP contribution >= 0.6 is 48.0 Å². The zero-order valence-electron chi connectivity index (χ0n) is 8.21. The molecule has 0 N–H and O–H groups in total. The van der Waals surface area contributed by atoms with Gasteiger partial charge in [-0.05, 0) is 46.2 Å². The van der Waals surface area contributed by atoms with Crippen molar-refractivity contribution < 1.29 is 27.3 Å². The van der Waals surface area contributed by atoms with Crippen LogP contribution in [0.5, 0.6) is 11.5 Å². The Morgan fingerprint density at radius 3 is 2.11 bits per heavy atom. The van der Waals surface area contributed by atoms with Gasteiger partial charge in [-0.25, -0.2) is 4.57 Å². The van der Waals surface area contributed by atoms with Gasteiger partial charge in [-0.3, -0.25) is 9.36 Å². The monoisotopic (exact) mass is 350 g/mol. The number of rotatable bonds is 3. The van der Waals surface area contributed by atoms with Crippen LogP contribution in [0.4, 0.5) is 0 Å². The number of phosphoric ester groups is 1. The fraction of sp³-hybridized carbons (Fsp3) is 0. The maximum Gasteiger partial charge on any atom is 0.595 e. The minimum absolute atomic E-state index is 0.00660. The maximum atomic E-state index is 11.9. The summed E-state index contributed by atoms with van der Waals surface area (Å²) in [4.78, 5) is 10.9. The summed E-state index contributed by atoms with van der Waals surface area (Å²) in [6.07, 6.45) is -4.11. The van der Waals surface area contributed by atoms with Gasteiger partial charge >= 0.3 is 13.9 Å². The standard InChI is InChI=1S/C7H3Cl3O6P2/c8-7(11)4-1-5-3-6(2-4)15-18(13,14-5)16-17(9,10)12/h1-3H. The number of fused-ring (bicyclic) bond motifs is 2. The summed E-state index contributed by atoms with van der Waals surface area (Å²) in [7, 11) is -4.23.